The first-order chi connectivity index (χ1) is 21.3. The summed E-state index contributed by atoms with van der Waals surface area (Å²) in [6.07, 6.45) is 0.994. The van der Waals surface area contributed by atoms with Gasteiger partial charge in [-0.25, -0.2) is 13.2 Å². The minimum Gasteiger partial charge on any atom is -0.446 e. The number of carbonyl (C=O) groups is 2. The Bertz CT molecular complexity index is 1660. The molecule has 1 heterocycles. The fourth-order valence-corrected chi connectivity index (χ4v) is 6.52. The van der Waals surface area contributed by atoms with Crippen LogP contribution in [0, 0.1) is 0 Å². The molecule has 0 aliphatic carbocycles. The van der Waals surface area contributed by atoms with E-state index in [1.54, 1.807) is 42.5 Å². The third kappa shape index (κ3) is 7.90. The molecule has 0 saturated carbocycles. The van der Waals surface area contributed by atoms with E-state index >= 15 is 0 Å². The lowest BCUT2D eigenvalue weighted by atomic mass is 10.0. The molecule has 1 saturated heterocycles. The number of nitrogens with two attached hydrogens (primary N) is 1. The molecular formula is C34H36N4O5S. The summed E-state index contributed by atoms with van der Waals surface area (Å²) in [5.74, 6) is -0.145. The van der Waals surface area contributed by atoms with Crippen LogP contribution >= 0.6 is 0 Å². The summed E-state index contributed by atoms with van der Waals surface area (Å²) in [4.78, 5) is 27.6. The SMILES string of the molecule is NC(c1ccc(NC(=O)CCN2CCC(OC(=O)Nc3ccccc3-c3ccccc3)CC2)cc1)S(=O)(=O)c1ccccc1. The van der Waals surface area contributed by atoms with E-state index in [-0.39, 0.29) is 16.9 Å². The lowest BCUT2D eigenvalue weighted by Crippen LogP contribution is -2.39. The second-order valence-corrected chi connectivity index (χ2v) is 12.8. The van der Waals surface area contributed by atoms with Crippen molar-refractivity contribution in [3.8, 4) is 11.1 Å². The second kappa shape index (κ2) is 14.3. The average Bonchev–Trinajstić information content (AvgIpc) is 3.05. The molecule has 5 rings (SSSR count). The number of hydrogen-bond donors (Lipinski definition) is 3. The van der Waals surface area contributed by atoms with Gasteiger partial charge in [0.15, 0.2) is 9.84 Å². The molecule has 1 aliphatic heterocycles. The molecule has 0 spiro atoms. The Morgan fingerprint density at radius 3 is 2.11 bits per heavy atom. The van der Waals surface area contributed by atoms with Crippen molar-refractivity contribution in [1.29, 1.82) is 0 Å². The standard InChI is InChI=1S/C34H36N4O5S/c35-33(44(41,42)29-11-5-2-6-12-29)26-15-17-27(18-16-26)36-32(39)21-24-38-22-19-28(20-23-38)43-34(40)37-31-14-8-7-13-30(31)25-9-3-1-4-10-25/h1-18,28,33H,19-24,35H2,(H,36,39)(H,37,40). The van der Waals surface area contributed by atoms with E-state index < -0.39 is 21.3 Å². The highest BCUT2D eigenvalue weighted by Crippen LogP contribution is 2.28. The first kappa shape index (κ1) is 30.9. The van der Waals surface area contributed by atoms with Crippen molar-refractivity contribution in [2.75, 3.05) is 30.3 Å². The van der Waals surface area contributed by atoms with E-state index in [0.29, 0.717) is 55.8 Å². The molecule has 0 aromatic heterocycles. The number of likely N-dealkylation sites (tertiary alicyclic amines) is 1. The molecule has 44 heavy (non-hydrogen) atoms. The molecule has 0 bridgehead atoms. The van der Waals surface area contributed by atoms with Crippen LogP contribution in [0.1, 0.15) is 30.2 Å². The number of para-hydroxylation sites is 1. The second-order valence-electron chi connectivity index (χ2n) is 10.7. The molecular weight excluding hydrogens is 576 g/mol. The maximum Gasteiger partial charge on any atom is 0.411 e. The highest BCUT2D eigenvalue weighted by atomic mass is 32.2. The van der Waals surface area contributed by atoms with Crippen molar-refractivity contribution in [3.05, 3.63) is 115 Å². The van der Waals surface area contributed by atoms with Crippen LogP contribution in [0.5, 0.6) is 0 Å². The van der Waals surface area contributed by atoms with E-state index in [1.165, 1.54) is 12.1 Å². The zero-order valence-corrected chi connectivity index (χ0v) is 25.1. The van der Waals surface area contributed by atoms with Gasteiger partial charge in [-0.3, -0.25) is 10.1 Å². The highest BCUT2D eigenvalue weighted by molar-refractivity contribution is 7.91. The number of amides is 2. The van der Waals surface area contributed by atoms with Crippen LogP contribution in [0.2, 0.25) is 0 Å². The topological polar surface area (TPSA) is 131 Å². The van der Waals surface area contributed by atoms with Crippen LogP contribution in [-0.2, 0) is 19.4 Å². The Balaban J connectivity index is 1.04. The molecule has 0 radical (unpaired) electrons. The summed E-state index contributed by atoms with van der Waals surface area (Å²) in [6.45, 7) is 2.01. The van der Waals surface area contributed by atoms with Gasteiger partial charge in [0.1, 0.15) is 11.5 Å². The van der Waals surface area contributed by atoms with Gasteiger partial charge in [-0.15, -0.1) is 0 Å². The van der Waals surface area contributed by atoms with Gasteiger partial charge in [0, 0.05) is 37.3 Å². The van der Waals surface area contributed by atoms with E-state index in [2.05, 4.69) is 15.5 Å². The highest BCUT2D eigenvalue weighted by Gasteiger charge is 2.26. The summed E-state index contributed by atoms with van der Waals surface area (Å²) < 4.78 is 31.3. The number of anilines is 2. The zero-order chi connectivity index (χ0) is 30.9. The molecule has 228 valence electrons. The summed E-state index contributed by atoms with van der Waals surface area (Å²) in [7, 11) is -3.73. The molecule has 1 unspecified atom stereocenters. The van der Waals surface area contributed by atoms with Gasteiger partial charge in [0.25, 0.3) is 0 Å². The van der Waals surface area contributed by atoms with Gasteiger partial charge >= 0.3 is 6.09 Å². The van der Waals surface area contributed by atoms with Crippen LogP contribution in [0.25, 0.3) is 11.1 Å². The maximum absolute atomic E-state index is 12.8. The third-order valence-electron chi connectivity index (χ3n) is 7.64. The quantitative estimate of drug-likeness (QED) is 0.206. The van der Waals surface area contributed by atoms with Gasteiger partial charge in [0.2, 0.25) is 5.91 Å². The molecule has 4 aromatic rings. The zero-order valence-electron chi connectivity index (χ0n) is 24.3. The molecule has 4 aromatic carbocycles. The maximum atomic E-state index is 12.8. The van der Waals surface area contributed by atoms with E-state index in [0.717, 1.165) is 11.1 Å². The Hall–Kier alpha value is -4.51. The molecule has 2 amide bonds. The van der Waals surface area contributed by atoms with Crippen LogP contribution in [0.3, 0.4) is 0 Å². The lowest BCUT2D eigenvalue weighted by Gasteiger charge is -2.31. The summed E-state index contributed by atoms with van der Waals surface area (Å²) in [6, 6.07) is 32.1. The Kier molecular flexibility index (Phi) is 10.1. The molecule has 1 atom stereocenters. The fraction of sp³-hybridized carbons (Fsp3) is 0.235. The molecule has 1 aliphatic rings. The number of ether oxygens (including phenoxy) is 1. The van der Waals surface area contributed by atoms with E-state index in [1.807, 2.05) is 54.6 Å². The number of rotatable bonds is 10. The Morgan fingerprint density at radius 2 is 1.43 bits per heavy atom. The largest absolute Gasteiger partial charge is 0.446 e. The van der Waals surface area contributed by atoms with Gasteiger partial charge in [-0.2, -0.15) is 0 Å². The average molecular weight is 613 g/mol. The normalized spacial score (nSPS) is 14.8. The van der Waals surface area contributed by atoms with Crippen LogP contribution < -0.4 is 16.4 Å². The smallest absolute Gasteiger partial charge is 0.411 e. The number of nitrogens with zero attached hydrogens (tertiary/aromatic N) is 1. The predicted molar refractivity (Wildman–Crippen MR) is 172 cm³/mol. The summed E-state index contributed by atoms with van der Waals surface area (Å²) in [5.41, 5.74) is 9.71. The molecule has 10 heteroatoms. The number of carbonyl (C=O) groups excluding carboxylic acids is 2. The molecule has 9 nitrogen and oxygen atoms in total. The van der Waals surface area contributed by atoms with Crippen molar-refractivity contribution >= 4 is 33.2 Å². The lowest BCUT2D eigenvalue weighted by molar-refractivity contribution is -0.116. The molecule has 1 fully saturated rings. The monoisotopic (exact) mass is 612 g/mol. The van der Waals surface area contributed by atoms with Gasteiger partial charge in [0.05, 0.1) is 10.6 Å². The summed E-state index contributed by atoms with van der Waals surface area (Å²) >= 11 is 0. The number of piperidine rings is 1. The number of benzene rings is 4. The van der Waals surface area contributed by atoms with Crippen LogP contribution in [-0.4, -0.2) is 51.1 Å². The number of nitrogens with one attached hydrogen (secondary N) is 2. The van der Waals surface area contributed by atoms with Gasteiger partial charge in [-0.1, -0.05) is 78.9 Å². The van der Waals surface area contributed by atoms with Crippen molar-refractivity contribution < 1.29 is 22.7 Å². The third-order valence-corrected chi connectivity index (χ3v) is 9.51. The Labute approximate surface area is 258 Å². The molecule has 4 N–H and O–H groups in total. The number of sulfone groups is 1. The van der Waals surface area contributed by atoms with Crippen molar-refractivity contribution in [1.82, 2.24) is 4.90 Å². The first-order valence-electron chi connectivity index (χ1n) is 14.6. The van der Waals surface area contributed by atoms with Gasteiger partial charge < -0.3 is 20.7 Å². The first-order valence-corrected chi connectivity index (χ1v) is 16.1. The van der Waals surface area contributed by atoms with E-state index in [4.69, 9.17) is 10.5 Å². The van der Waals surface area contributed by atoms with Gasteiger partial charge in [-0.05, 0) is 54.3 Å². The minimum absolute atomic E-state index is 0.145. The summed E-state index contributed by atoms with van der Waals surface area (Å²) in [5, 5.41) is 4.54. The fourth-order valence-electron chi connectivity index (χ4n) is 5.18. The van der Waals surface area contributed by atoms with E-state index in [9.17, 15) is 18.0 Å². The predicted octanol–water partition coefficient (Wildman–Crippen LogP) is 5.83. The van der Waals surface area contributed by atoms with Crippen molar-refractivity contribution in [2.24, 2.45) is 5.73 Å². The minimum atomic E-state index is -3.73. The van der Waals surface area contributed by atoms with Crippen molar-refractivity contribution in [3.63, 3.8) is 0 Å². The van der Waals surface area contributed by atoms with Crippen LogP contribution in [0.15, 0.2) is 114 Å². The number of hydrogen-bond acceptors (Lipinski definition) is 7. The van der Waals surface area contributed by atoms with Crippen molar-refractivity contribution in [2.45, 2.75) is 35.6 Å². The Morgan fingerprint density at radius 1 is 0.818 bits per heavy atom. The van der Waals surface area contributed by atoms with Crippen LogP contribution in [0.4, 0.5) is 16.2 Å².